The number of rotatable bonds is 5. The van der Waals surface area contributed by atoms with E-state index in [1.54, 1.807) is 6.92 Å². The SMILES string of the molecule is CCC(CO)C(=O)NCc1cc(Cl)ccc1F. The maximum Gasteiger partial charge on any atom is 0.225 e. The molecule has 1 aromatic carbocycles. The summed E-state index contributed by atoms with van der Waals surface area (Å²) in [5.41, 5.74) is 0.332. The van der Waals surface area contributed by atoms with Crippen LogP contribution in [0.4, 0.5) is 4.39 Å². The Kier molecular flexibility index (Phi) is 5.38. The first-order valence-electron chi connectivity index (χ1n) is 5.41. The van der Waals surface area contributed by atoms with Gasteiger partial charge in [-0.2, -0.15) is 0 Å². The van der Waals surface area contributed by atoms with Crippen LogP contribution in [0.2, 0.25) is 5.02 Å². The van der Waals surface area contributed by atoms with Crippen LogP contribution in [-0.4, -0.2) is 17.6 Å². The van der Waals surface area contributed by atoms with Crippen molar-refractivity contribution in [3.8, 4) is 0 Å². The molecule has 0 aliphatic carbocycles. The monoisotopic (exact) mass is 259 g/mol. The quantitative estimate of drug-likeness (QED) is 0.851. The number of hydrogen-bond donors (Lipinski definition) is 2. The zero-order valence-electron chi connectivity index (χ0n) is 9.54. The highest BCUT2D eigenvalue weighted by atomic mass is 35.5. The molecule has 0 bridgehead atoms. The molecule has 0 radical (unpaired) electrons. The van der Waals surface area contributed by atoms with Gasteiger partial charge in [0, 0.05) is 17.1 Å². The predicted molar refractivity (Wildman–Crippen MR) is 64.1 cm³/mol. The molecule has 1 rings (SSSR count). The molecule has 1 aromatic rings. The highest BCUT2D eigenvalue weighted by molar-refractivity contribution is 6.30. The van der Waals surface area contributed by atoms with Gasteiger partial charge in [-0.3, -0.25) is 4.79 Å². The molecule has 0 saturated carbocycles. The number of amides is 1. The second-order valence-electron chi connectivity index (χ2n) is 3.74. The molecule has 3 nitrogen and oxygen atoms in total. The first kappa shape index (κ1) is 13.9. The molecule has 1 unspecified atom stereocenters. The number of carbonyl (C=O) groups is 1. The third-order valence-electron chi connectivity index (χ3n) is 2.54. The zero-order valence-corrected chi connectivity index (χ0v) is 10.3. The molecule has 0 heterocycles. The number of nitrogens with one attached hydrogen (secondary N) is 1. The minimum Gasteiger partial charge on any atom is -0.396 e. The molecule has 0 aromatic heterocycles. The van der Waals surface area contributed by atoms with E-state index in [0.717, 1.165) is 0 Å². The maximum atomic E-state index is 13.3. The van der Waals surface area contributed by atoms with Crippen molar-refractivity contribution < 1.29 is 14.3 Å². The van der Waals surface area contributed by atoms with Gasteiger partial charge in [-0.05, 0) is 24.6 Å². The predicted octanol–water partition coefficient (Wildman–Crippen LogP) is 2.11. The van der Waals surface area contributed by atoms with Crippen molar-refractivity contribution in [2.24, 2.45) is 5.92 Å². The summed E-state index contributed by atoms with van der Waals surface area (Å²) in [6, 6.07) is 4.18. The lowest BCUT2D eigenvalue weighted by Gasteiger charge is -2.12. The Balaban J connectivity index is 2.61. The van der Waals surface area contributed by atoms with E-state index in [9.17, 15) is 9.18 Å². The molecule has 1 amide bonds. The van der Waals surface area contributed by atoms with Crippen LogP contribution in [0.25, 0.3) is 0 Å². The fourth-order valence-electron chi connectivity index (χ4n) is 1.40. The van der Waals surface area contributed by atoms with E-state index in [1.807, 2.05) is 0 Å². The molecule has 2 N–H and O–H groups in total. The summed E-state index contributed by atoms with van der Waals surface area (Å²) in [5, 5.41) is 11.9. The van der Waals surface area contributed by atoms with Crippen molar-refractivity contribution in [2.45, 2.75) is 19.9 Å². The number of aliphatic hydroxyl groups is 1. The Labute approximate surface area is 105 Å². The minimum atomic E-state index is -0.447. The Morgan fingerprint density at radius 1 is 1.59 bits per heavy atom. The van der Waals surface area contributed by atoms with Gasteiger partial charge in [-0.15, -0.1) is 0 Å². The summed E-state index contributed by atoms with van der Waals surface area (Å²) in [7, 11) is 0. The van der Waals surface area contributed by atoms with Crippen LogP contribution in [0.5, 0.6) is 0 Å². The van der Waals surface area contributed by atoms with Crippen LogP contribution in [0.3, 0.4) is 0 Å². The van der Waals surface area contributed by atoms with Crippen LogP contribution in [-0.2, 0) is 11.3 Å². The minimum absolute atomic E-state index is 0.0712. The number of aliphatic hydroxyl groups excluding tert-OH is 1. The van der Waals surface area contributed by atoms with Gasteiger partial charge in [0.25, 0.3) is 0 Å². The fraction of sp³-hybridized carbons (Fsp3) is 0.417. The average molecular weight is 260 g/mol. The Morgan fingerprint density at radius 2 is 2.29 bits per heavy atom. The number of carbonyl (C=O) groups excluding carboxylic acids is 1. The van der Waals surface area contributed by atoms with Gasteiger partial charge < -0.3 is 10.4 Å². The number of benzene rings is 1. The van der Waals surface area contributed by atoms with E-state index in [2.05, 4.69) is 5.32 Å². The normalized spacial score (nSPS) is 12.2. The van der Waals surface area contributed by atoms with Gasteiger partial charge >= 0.3 is 0 Å². The van der Waals surface area contributed by atoms with Crippen LogP contribution in [0.15, 0.2) is 18.2 Å². The third-order valence-corrected chi connectivity index (χ3v) is 2.78. The summed E-state index contributed by atoms with van der Waals surface area (Å²) in [5.74, 6) is -1.14. The molecular weight excluding hydrogens is 245 g/mol. The van der Waals surface area contributed by atoms with Gasteiger partial charge in [0.05, 0.1) is 12.5 Å². The highest BCUT2D eigenvalue weighted by Crippen LogP contribution is 2.14. The Morgan fingerprint density at radius 3 is 2.88 bits per heavy atom. The molecular formula is C12H15ClFNO2. The molecule has 0 aliphatic rings. The van der Waals surface area contributed by atoms with E-state index in [4.69, 9.17) is 16.7 Å². The van der Waals surface area contributed by atoms with Crippen LogP contribution < -0.4 is 5.32 Å². The first-order valence-corrected chi connectivity index (χ1v) is 5.78. The molecule has 0 aliphatic heterocycles. The fourth-order valence-corrected chi connectivity index (χ4v) is 1.60. The van der Waals surface area contributed by atoms with Crippen LogP contribution >= 0.6 is 11.6 Å². The molecule has 0 fully saturated rings. The van der Waals surface area contributed by atoms with Crippen LogP contribution in [0.1, 0.15) is 18.9 Å². The Hall–Kier alpha value is -1.13. The van der Waals surface area contributed by atoms with Crippen molar-refractivity contribution in [1.29, 1.82) is 0 Å². The van der Waals surface area contributed by atoms with E-state index in [1.165, 1.54) is 18.2 Å². The average Bonchev–Trinajstić information content (AvgIpc) is 2.32. The molecule has 0 spiro atoms. The second kappa shape index (κ2) is 6.57. The first-order chi connectivity index (χ1) is 8.08. The van der Waals surface area contributed by atoms with E-state index in [-0.39, 0.29) is 19.1 Å². The lowest BCUT2D eigenvalue weighted by molar-refractivity contribution is -0.126. The molecule has 1 atom stereocenters. The maximum absolute atomic E-state index is 13.3. The van der Waals surface area contributed by atoms with Gasteiger partial charge in [-0.1, -0.05) is 18.5 Å². The summed E-state index contributed by atoms with van der Waals surface area (Å²) in [6.45, 7) is 1.67. The number of halogens is 2. The largest absolute Gasteiger partial charge is 0.396 e. The summed E-state index contributed by atoms with van der Waals surface area (Å²) in [4.78, 5) is 11.5. The summed E-state index contributed by atoms with van der Waals surface area (Å²) < 4.78 is 13.3. The lowest BCUT2D eigenvalue weighted by Crippen LogP contribution is -2.32. The molecule has 0 saturated heterocycles. The van der Waals surface area contributed by atoms with Crippen molar-refractivity contribution in [3.05, 3.63) is 34.6 Å². The summed E-state index contributed by atoms with van der Waals surface area (Å²) >= 11 is 5.73. The Bertz CT molecular complexity index is 394. The third kappa shape index (κ3) is 3.98. The van der Waals surface area contributed by atoms with Crippen molar-refractivity contribution in [2.75, 3.05) is 6.61 Å². The van der Waals surface area contributed by atoms with Gasteiger partial charge in [-0.25, -0.2) is 4.39 Å². The zero-order chi connectivity index (χ0) is 12.8. The van der Waals surface area contributed by atoms with Crippen LogP contribution in [0, 0.1) is 11.7 Å². The molecule has 17 heavy (non-hydrogen) atoms. The van der Waals surface area contributed by atoms with Crippen molar-refractivity contribution in [3.63, 3.8) is 0 Å². The second-order valence-corrected chi connectivity index (χ2v) is 4.18. The van der Waals surface area contributed by atoms with E-state index >= 15 is 0 Å². The standard InChI is InChI=1S/C12H15ClFNO2/c1-2-8(7-16)12(17)15-6-9-5-10(13)3-4-11(9)14/h3-5,8,16H,2,6-7H2,1H3,(H,15,17). The van der Waals surface area contributed by atoms with Gasteiger partial charge in [0.1, 0.15) is 5.82 Å². The summed E-state index contributed by atoms with van der Waals surface area (Å²) in [6.07, 6.45) is 0.542. The van der Waals surface area contributed by atoms with E-state index < -0.39 is 11.7 Å². The lowest BCUT2D eigenvalue weighted by atomic mass is 10.1. The van der Waals surface area contributed by atoms with Gasteiger partial charge in [0.15, 0.2) is 0 Å². The van der Waals surface area contributed by atoms with Crippen molar-refractivity contribution >= 4 is 17.5 Å². The molecule has 94 valence electrons. The van der Waals surface area contributed by atoms with Gasteiger partial charge in [0.2, 0.25) is 5.91 Å². The highest BCUT2D eigenvalue weighted by Gasteiger charge is 2.15. The number of hydrogen-bond acceptors (Lipinski definition) is 2. The topological polar surface area (TPSA) is 49.3 Å². The van der Waals surface area contributed by atoms with E-state index in [0.29, 0.717) is 17.0 Å². The van der Waals surface area contributed by atoms with Crippen molar-refractivity contribution in [1.82, 2.24) is 5.32 Å². The smallest absolute Gasteiger partial charge is 0.225 e. The molecule has 5 heteroatoms.